The van der Waals surface area contributed by atoms with E-state index in [1.54, 1.807) is 6.07 Å². The van der Waals surface area contributed by atoms with Crippen molar-refractivity contribution in [2.75, 3.05) is 16.8 Å². The summed E-state index contributed by atoms with van der Waals surface area (Å²) < 4.78 is 19.5. The number of aromatic nitrogens is 1. The summed E-state index contributed by atoms with van der Waals surface area (Å²) in [6.07, 6.45) is 1.32. The van der Waals surface area contributed by atoms with Gasteiger partial charge in [-0.1, -0.05) is 18.5 Å². The van der Waals surface area contributed by atoms with Crippen LogP contribution < -0.4 is 10.2 Å². The van der Waals surface area contributed by atoms with E-state index in [0.717, 1.165) is 6.07 Å². The Morgan fingerprint density at radius 3 is 2.84 bits per heavy atom. The van der Waals surface area contributed by atoms with E-state index >= 15 is 0 Å². The normalized spacial score (nSPS) is 16.7. The Balaban J connectivity index is 1.76. The third-order valence-corrected chi connectivity index (χ3v) is 4.05. The molecule has 1 aliphatic rings. The van der Waals surface area contributed by atoms with E-state index in [2.05, 4.69) is 10.3 Å². The summed E-state index contributed by atoms with van der Waals surface area (Å²) in [5, 5.41) is 2.82. The number of rotatable bonds is 4. The number of hydrogen-bond acceptors (Lipinski definition) is 4. The van der Waals surface area contributed by atoms with Crippen LogP contribution in [0.5, 0.6) is 0 Å². The molecule has 0 bridgehead atoms. The lowest BCUT2D eigenvalue weighted by molar-refractivity contribution is 0.102. The minimum Gasteiger partial charge on any atom is -0.444 e. The molecule has 1 atom stereocenters. The highest BCUT2D eigenvalue weighted by atomic mass is 35.5. The van der Waals surface area contributed by atoms with E-state index in [1.165, 1.54) is 29.3 Å². The first-order valence-corrected chi connectivity index (χ1v) is 8.06. The van der Waals surface area contributed by atoms with Gasteiger partial charge in [0.05, 0.1) is 29.7 Å². The number of pyridine rings is 1. The van der Waals surface area contributed by atoms with Crippen molar-refractivity contribution in [2.45, 2.75) is 19.4 Å². The van der Waals surface area contributed by atoms with Crippen LogP contribution in [0.3, 0.4) is 0 Å². The number of hydrogen-bond donors (Lipinski definition) is 1. The zero-order valence-electron chi connectivity index (χ0n) is 13.3. The van der Waals surface area contributed by atoms with Gasteiger partial charge in [-0.05, 0) is 36.8 Å². The molecule has 0 radical (unpaired) electrons. The first-order chi connectivity index (χ1) is 12.0. The van der Waals surface area contributed by atoms with Gasteiger partial charge in [0.1, 0.15) is 17.1 Å². The zero-order chi connectivity index (χ0) is 18.0. The molecule has 2 heterocycles. The lowest BCUT2D eigenvalue weighted by atomic mass is 10.1. The van der Waals surface area contributed by atoms with E-state index in [9.17, 15) is 14.0 Å². The topological polar surface area (TPSA) is 71.5 Å². The van der Waals surface area contributed by atoms with Crippen LogP contribution in [0.2, 0.25) is 5.15 Å². The molecule has 6 nitrogen and oxygen atoms in total. The molecule has 0 spiro atoms. The Morgan fingerprint density at radius 1 is 1.44 bits per heavy atom. The van der Waals surface area contributed by atoms with Crippen molar-refractivity contribution in [2.24, 2.45) is 0 Å². The predicted molar refractivity (Wildman–Crippen MR) is 91.5 cm³/mol. The lowest BCUT2D eigenvalue weighted by Gasteiger charge is -2.14. The number of ether oxygens (including phenoxy) is 1. The summed E-state index contributed by atoms with van der Waals surface area (Å²) in [6, 6.07) is 7.06. The average molecular weight is 364 g/mol. The molecule has 8 heteroatoms. The third kappa shape index (κ3) is 3.71. The predicted octanol–water partition coefficient (Wildman–Crippen LogP) is 3.86. The zero-order valence-corrected chi connectivity index (χ0v) is 14.1. The number of carbonyl (C=O) groups is 2. The molecule has 1 aromatic heterocycles. The molecule has 1 saturated heterocycles. The monoisotopic (exact) mass is 363 g/mol. The van der Waals surface area contributed by atoms with E-state index in [-0.39, 0.29) is 16.8 Å². The van der Waals surface area contributed by atoms with E-state index in [1.807, 2.05) is 6.92 Å². The van der Waals surface area contributed by atoms with Gasteiger partial charge in [0.25, 0.3) is 5.91 Å². The molecule has 1 unspecified atom stereocenters. The second-order valence-electron chi connectivity index (χ2n) is 5.51. The Hall–Kier alpha value is -2.67. The first kappa shape index (κ1) is 17.2. The largest absolute Gasteiger partial charge is 0.444 e. The Labute approximate surface area is 148 Å². The van der Waals surface area contributed by atoms with Crippen LogP contribution in [0.4, 0.5) is 20.6 Å². The van der Waals surface area contributed by atoms with Crippen LogP contribution in [0, 0.1) is 5.82 Å². The number of benzene rings is 1. The van der Waals surface area contributed by atoms with Crippen molar-refractivity contribution in [3.05, 3.63) is 53.1 Å². The summed E-state index contributed by atoms with van der Waals surface area (Å²) in [4.78, 5) is 29.2. The molecule has 2 aromatic rings. The first-order valence-electron chi connectivity index (χ1n) is 7.68. The molecule has 3 rings (SSSR count). The van der Waals surface area contributed by atoms with Crippen molar-refractivity contribution in [3.63, 3.8) is 0 Å². The van der Waals surface area contributed by atoms with E-state index in [4.69, 9.17) is 16.3 Å². The van der Waals surface area contributed by atoms with Gasteiger partial charge in [0.2, 0.25) is 0 Å². The Morgan fingerprint density at radius 2 is 2.24 bits per heavy atom. The molecule has 130 valence electrons. The maximum Gasteiger partial charge on any atom is 0.414 e. The van der Waals surface area contributed by atoms with Crippen molar-refractivity contribution >= 4 is 35.0 Å². The van der Waals surface area contributed by atoms with Crippen molar-refractivity contribution in [3.8, 4) is 0 Å². The second-order valence-corrected chi connectivity index (χ2v) is 5.90. The van der Waals surface area contributed by atoms with Crippen LogP contribution in [-0.2, 0) is 4.74 Å². The third-order valence-electron chi connectivity index (χ3n) is 3.82. The number of cyclic esters (lactones) is 1. The number of anilines is 2. The molecule has 1 aliphatic heterocycles. The highest BCUT2D eigenvalue weighted by Gasteiger charge is 2.31. The van der Waals surface area contributed by atoms with Gasteiger partial charge in [-0.3, -0.25) is 9.69 Å². The van der Waals surface area contributed by atoms with Crippen LogP contribution >= 0.6 is 11.6 Å². The van der Waals surface area contributed by atoms with Crippen LogP contribution in [0.1, 0.15) is 23.7 Å². The lowest BCUT2D eigenvalue weighted by Crippen LogP contribution is -2.25. The van der Waals surface area contributed by atoms with E-state index < -0.39 is 17.8 Å². The van der Waals surface area contributed by atoms with E-state index in [0.29, 0.717) is 24.3 Å². The number of carbonyl (C=O) groups excluding carboxylic acids is 2. The van der Waals surface area contributed by atoms with Crippen molar-refractivity contribution in [1.82, 2.24) is 4.98 Å². The Kier molecular flexibility index (Phi) is 4.85. The van der Waals surface area contributed by atoms with Gasteiger partial charge in [-0.2, -0.15) is 0 Å². The standard InChI is InChI=1S/C17H15ClFN3O3/c1-2-12-9-22(17(24)25-12)11-4-5-13(14(19)7-11)16(23)21-10-3-6-15(18)20-8-10/h3-8,12H,2,9H2,1H3,(H,21,23). The fourth-order valence-corrected chi connectivity index (χ4v) is 2.56. The van der Waals surface area contributed by atoms with Crippen LogP contribution in [0.15, 0.2) is 36.5 Å². The average Bonchev–Trinajstić information content (AvgIpc) is 2.97. The van der Waals surface area contributed by atoms with Gasteiger partial charge in [-0.25, -0.2) is 14.2 Å². The molecular formula is C17H15ClFN3O3. The molecular weight excluding hydrogens is 349 g/mol. The van der Waals surface area contributed by atoms with Gasteiger partial charge < -0.3 is 10.1 Å². The number of nitrogens with one attached hydrogen (secondary N) is 1. The minimum atomic E-state index is -0.732. The SMILES string of the molecule is CCC1CN(c2ccc(C(=O)Nc3ccc(Cl)nc3)c(F)c2)C(=O)O1. The molecule has 25 heavy (non-hydrogen) atoms. The van der Waals surface area contributed by atoms with Gasteiger partial charge in [-0.15, -0.1) is 0 Å². The molecule has 1 fully saturated rings. The quantitative estimate of drug-likeness (QED) is 0.837. The molecule has 2 amide bonds. The minimum absolute atomic E-state index is 0.140. The maximum absolute atomic E-state index is 14.4. The van der Waals surface area contributed by atoms with Gasteiger partial charge in [0, 0.05) is 0 Å². The van der Waals surface area contributed by atoms with Crippen LogP contribution in [0.25, 0.3) is 0 Å². The molecule has 1 N–H and O–H groups in total. The number of nitrogens with zero attached hydrogens (tertiary/aromatic N) is 2. The molecule has 0 saturated carbocycles. The van der Waals surface area contributed by atoms with Crippen molar-refractivity contribution < 1.29 is 18.7 Å². The Bertz CT molecular complexity index is 813. The molecule has 0 aliphatic carbocycles. The second kappa shape index (κ2) is 7.06. The highest BCUT2D eigenvalue weighted by molar-refractivity contribution is 6.29. The summed E-state index contributed by atoms with van der Waals surface area (Å²) in [5.74, 6) is -1.35. The van der Waals surface area contributed by atoms with Crippen molar-refractivity contribution in [1.29, 1.82) is 0 Å². The summed E-state index contributed by atoms with van der Waals surface area (Å²) in [6.45, 7) is 2.26. The fraction of sp³-hybridized carbons (Fsp3) is 0.235. The number of amides is 2. The van der Waals surface area contributed by atoms with Gasteiger partial charge >= 0.3 is 6.09 Å². The summed E-state index contributed by atoms with van der Waals surface area (Å²) >= 11 is 5.68. The van der Waals surface area contributed by atoms with Gasteiger partial charge in [0.15, 0.2) is 0 Å². The summed E-state index contributed by atoms with van der Waals surface area (Å²) in [7, 11) is 0. The smallest absolute Gasteiger partial charge is 0.414 e. The molecule has 1 aromatic carbocycles. The van der Waals surface area contributed by atoms with Crippen LogP contribution in [-0.4, -0.2) is 29.6 Å². The maximum atomic E-state index is 14.4. The summed E-state index contributed by atoms with van der Waals surface area (Å²) in [5.41, 5.74) is 0.605. The fourth-order valence-electron chi connectivity index (χ4n) is 2.45. The highest BCUT2D eigenvalue weighted by Crippen LogP contribution is 2.25. The number of halogens is 2.